The molecule has 0 spiro atoms. The number of rotatable bonds is 6. The average molecular weight is 295 g/mol. The van der Waals surface area contributed by atoms with E-state index in [2.05, 4.69) is 5.10 Å². The molecular weight excluding hydrogens is 270 g/mol. The normalized spacial score (nSPS) is 11.5. The predicted molar refractivity (Wildman–Crippen MR) is 80.3 cm³/mol. The number of nitrogens with zero attached hydrogens (tertiary/aromatic N) is 3. The maximum atomic E-state index is 12.8. The van der Waals surface area contributed by atoms with Gasteiger partial charge in [0.05, 0.1) is 12.1 Å². The van der Waals surface area contributed by atoms with Crippen molar-refractivity contribution >= 4 is 11.9 Å². The van der Waals surface area contributed by atoms with Crippen LogP contribution >= 0.6 is 0 Å². The molecule has 0 aliphatic heterocycles. The Hall–Kier alpha value is -1.85. The van der Waals surface area contributed by atoms with E-state index in [1.165, 1.54) is 0 Å². The van der Waals surface area contributed by atoms with Crippen LogP contribution < -0.4 is 0 Å². The Morgan fingerprint density at radius 3 is 2.38 bits per heavy atom. The Balaban J connectivity index is 3.10. The zero-order valence-electron chi connectivity index (χ0n) is 13.5. The minimum Gasteiger partial charge on any atom is -0.481 e. The molecule has 0 saturated carbocycles. The van der Waals surface area contributed by atoms with E-state index in [9.17, 15) is 9.59 Å². The molecule has 0 aliphatic rings. The number of aromatic nitrogens is 2. The van der Waals surface area contributed by atoms with Crippen LogP contribution in [0, 0.1) is 0 Å². The summed E-state index contributed by atoms with van der Waals surface area (Å²) in [6.45, 7) is 10.4. The molecular formula is C15H25N3O3. The molecule has 1 aromatic heterocycles. The number of amides is 1. The van der Waals surface area contributed by atoms with Crippen LogP contribution in [0.25, 0.3) is 0 Å². The van der Waals surface area contributed by atoms with E-state index in [-0.39, 0.29) is 18.9 Å². The van der Waals surface area contributed by atoms with E-state index in [1.807, 2.05) is 34.6 Å². The molecule has 0 unspecified atom stereocenters. The minimum atomic E-state index is -0.907. The third kappa shape index (κ3) is 4.31. The molecule has 118 valence electrons. The lowest BCUT2D eigenvalue weighted by molar-refractivity contribution is -0.137. The van der Waals surface area contributed by atoms with E-state index in [4.69, 9.17) is 5.11 Å². The first-order valence-electron chi connectivity index (χ1n) is 7.31. The number of hydrogen-bond donors (Lipinski definition) is 1. The minimum absolute atomic E-state index is 0.0656. The first-order chi connectivity index (χ1) is 9.70. The molecule has 6 nitrogen and oxygen atoms in total. The SMILES string of the molecule is CCc1cc(C(=O)N(CCC(=O)O)C(C)(C)C)n(CC)n1. The van der Waals surface area contributed by atoms with Gasteiger partial charge in [-0.25, -0.2) is 0 Å². The van der Waals surface area contributed by atoms with Crippen molar-refractivity contribution in [2.24, 2.45) is 0 Å². The van der Waals surface area contributed by atoms with Crippen LogP contribution in [0.5, 0.6) is 0 Å². The zero-order valence-corrected chi connectivity index (χ0v) is 13.5. The van der Waals surface area contributed by atoms with Gasteiger partial charge in [-0.3, -0.25) is 14.3 Å². The quantitative estimate of drug-likeness (QED) is 0.872. The Kier molecular flexibility index (Phi) is 5.52. The average Bonchev–Trinajstić information content (AvgIpc) is 2.79. The molecule has 21 heavy (non-hydrogen) atoms. The highest BCUT2D eigenvalue weighted by molar-refractivity contribution is 5.93. The monoisotopic (exact) mass is 295 g/mol. The molecule has 0 bridgehead atoms. The van der Waals surface area contributed by atoms with Gasteiger partial charge in [-0.1, -0.05) is 6.92 Å². The van der Waals surface area contributed by atoms with Crippen LogP contribution in [-0.2, 0) is 17.8 Å². The molecule has 0 aromatic carbocycles. The second kappa shape index (κ2) is 6.74. The molecule has 1 rings (SSSR count). The molecule has 0 saturated heterocycles. The third-order valence-electron chi connectivity index (χ3n) is 3.32. The fourth-order valence-corrected chi connectivity index (χ4v) is 2.14. The highest BCUT2D eigenvalue weighted by Crippen LogP contribution is 2.19. The summed E-state index contributed by atoms with van der Waals surface area (Å²) >= 11 is 0. The smallest absolute Gasteiger partial charge is 0.305 e. The van der Waals surface area contributed by atoms with Crippen LogP contribution in [0.4, 0.5) is 0 Å². The first-order valence-corrected chi connectivity index (χ1v) is 7.31. The summed E-state index contributed by atoms with van der Waals surface area (Å²) in [5.74, 6) is -1.08. The van der Waals surface area contributed by atoms with Gasteiger partial charge in [0.1, 0.15) is 5.69 Å². The third-order valence-corrected chi connectivity index (χ3v) is 3.32. The van der Waals surface area contributed by atoms with Gasteiger partial charge in [0, 0.05) is 18.6 Å². The van der Waals surface area contributed by atoms with Crippen molar-refractivity contribution in [1.82, 2.24) is 14.7 Å². The molecule has 0 aliphatic carbocycles. The van der Waals surface area contributed by atoms with Gasteiger partial charge >= 0.3 is 5.97 Å². The van der Waals surface area contributed by atoms with Gasteiger partial charge < -0.3 is 10.0 Å². The number of aryl methyl sites for hydroxylation is 2. The van der Waals surface area contributed by atoms with E-state index in [0.29, 0.717) is 12.2 Å². The van der Waals surface area contributed by atoms with Gasteiger partial charge in [0.25, 0.3) is 5.91 Å². The largest absolute Gasteiger partial charge is 0.481 e. The number of carbonyl (C=O) groups excluding carboxylic acids is 1. The highest BCUT2D eigenvalue weighted by Gasteiger charge is 2.29. The van der Waals surface area contributed by atoms with Gasteiger partial charge in [-0.2, -0.15) is 5.10 Å². The van der Waals surface area contributed by atoms with Crippen molar-refractivity contribution in [3.8, 4) is 0 Å². The second-order valence-electron chi connectivity index (χ2n) is 5.96. The number of carboxylic acid groups (broad SMARTS) is 1. The van der Waals surface area contributed by atoms with Gasteiger partial charge in [0.15, 0.2) is 0 Å². The Morgan fingerprint density at radius 1 is 1.33 bits per heavy atom. The molecule has 6 heteroatoms. The first kappa shape index (κ1) is 17.2. The summed E-state index contributed by atoms with van der Waals surface area (Å²) in [6, 6.07) is 1.80. The summed E-state index contributed by atoms with van der Waals surface area (Å²) in [5.41, 5.74) is 0.948. The summed E-state index contributed by atoms with van der Waals surface area (Å²) < 4.78 is 1.68. The van der Waals surface area contributed by atoms with E-state index < -0.39 is 11.5 Å². The van der Waals surface area contributed by atoms with Crippen LogP contribution in [0.3, 0.4) is 0 Å². The van der Waals surface area contributed by atoms with Crippen LogP contribution in [0.1, 0.15) is 57.2 Å². The summed E-state index contributed by atoms with van der Waals surface area (Å²) in [4.78, 5) is 25.2. The topological polar surface area (TPSA) is 75.4 Å². The Labute approximate surface area is 125 Å². The maximum absolute atomic E-state index is 12.8. The summed E-state index contributed by atoms with van der Waals surface area (Å²) in [5, 5.41) is 13.2. The number of aliphatic carboxylic acids is 1. The standard InChI is InChI=1S/C15H25N3O3/c1-6-11-10-12(18(7-2)16-11)14(21)17(15(3,4)5)9-8-13(19)20/h10H,6-9H2,1-5H3,(H,19,20). The van der Waals surface area contributed by atoms with Crippen molar-refractivity contribution in [1.29, 1.82) is 0 Å². The zero-order chi connectivity index (χ0) is 16.2. The number of hydrogen-bond acceptors (Lipinski definition) is 3. The van der Waals surface area contributed by atoms with Crippen molar-refractivity contribution in [3.63, 3.8) is 0 Å². The summed E-state index contributed by atoms with van der Waals surface area (Å²) in [7, 11) is 0. The van der Waals surface area contributed by atoms with Gasteiger partial charge in [-0.15, -0.1) is 0 Å². The number of carboxylic acids is 1. The van der Waals surface area contributed by atoms with Crippen molar-refractivity contribution in [3.05, 3.63) is 17.5 Å². The molecule has 0 fully saturated rings. The molecule has 0 radical (unpaired) electrons. The molecule has 1 amide bonds. The predicted octanol–water partition coefficient (Wildman–Crippen LogP) is 2.18. The fraction of sp³-hybridized carbons (Fsp3) is 0.667. The number of carbonyl (C=O) groups is 2. The maximum Gasteiger partial charge on any atom is 0.305 e. The van der Waals surface area contributed by atoms with Crippen LogP contribution in [0.2, 0.25) is 0 Å². The summed E-state index contributed by atoms with van der Waals surface area (Å²) in [6.07, 6.45) is 0.696. The lowest BCUT2D eigenvalue weighted by Gasteiger charge is -2.35. The Morgan fingerprint density at radius 2 is 1.95 bits per heavy atom. The lowest BCUT2D eigenvalue weighted by Crippen LogP contribution is -2.47. The van der Waals surface area contributed by atoms with Crippen molar-refractivity contribution in [2.45, 2.75) is 59.5 Å². The highest BCUT2D eigenvalue weighted by atomic mass is 16.4. The molecule has 1 N–H and O–H groups in total. The molecule has 1 heterocycles. The van der Waals surface area contributed by atoms with Gasteiger partial charge in [0.2, 0.25) is 0 Å². The van der Waals surface area contributed by atoms with E-state index in [0.717, 1.165) is 12.1 Å². The van der Waals surface area contributed by atoms with Crippen LogP contribution in [-0.4, -0.2) is 43.7 Å². The van der Waals surface area contributed by atoms with Crippen molar-refractivity contribution < 1.29 is 14.7 Å². The lowest BCUT2D eigenvalue weighted by atomic mass is 10.0. The van der Waals surface area contributed by atoms with E-state index >= 15 is 0 Å². The fourth-order valence-electron chi connectivity index (χ4n) is 2.14. The van der Waals surface area contributed by atoms with Crippen LogP contribution in [0.15, 0.2) is 6.07 Å². The van der Waals surface area contributed by atoms with Gasteiger partial charge in [-0.05, 0) is 40.2 Å². The van der Waals surface area contributed by atoms with E-state index in [1.54, 1.807) is 15.6 Å². The van der Waals surface area contributed by atoms with Crippen molar-refractivity contribution in [2.75, 3.05) is 6.54 Å². The Bertz CT molecular complexity index is 515. The molecule has 0 atom stereocenters. The second-order valence-corrected chi connectivity index (χ2v) is 5.96. The molecule has 1 aromatic rings.